The third-order valence-corrected chi connectivity index (χ3v) is 4.72. The first-order valence-electron chi connectivity index (χ1n) is 10.4. The number of nitrogens with one attached hydrogen (secondary N) is 3. The van der Waals surface area contributed by atoms with Gasteiger partial charge in [0.2, 0.25) is 17.7 Å². The third kappa shape index (κ3) is 10.6. The van der Waals surface area contributed by atoms with E-state index in [-0.39, 0.29) is 6.42 Å². The maximum Gasteiger partial charge on any atom is 0.326 e. The zero-order chi connectivity index (χ0) is 26.5. The Morgan fingerprint density at radius 1 is 0.771 bits per heavy atom. The molecule has 0 spiro atoms. The van der Waals surface area contributed by atoms with Crippen molar-refractivity contribution >= 4 is 35.6 Å². The first-order valence-corrected chi connectivity index (χ1v) is 10.4. The van der Waals surface area contributed by atoms with Crippen LogP contribution in [0.5, 0.6) is 0 Å². The molecule has 0 aliphatic rings. The number of aliphatic hydroxyl groups is 1. The van der Waals surface area contributed by atoms with Crippen molar-refractivity contribution in [3.05, 3.63) is 35.9 Å². The number of aliphatic carboxylic acids is 3. The minimum Gasteiger partial charge on any atom is -0.481 e. The standard InChI is InChI=1S/C21H28N4O10/c22-12(10-26)18(31)24-14(9-17(29)30)20(33)23-13(6-7-16(27)28)19(32)25-15(21(34)35)8-11-4-2-1-3-5-11/h1-5,12-15,26H,6-10,22H2,(H,23,33)(H,24,31)(H,25,32)(H,27,28)(H,29,30)(H,34,35). The molecule has 0 saturated heterocycles. The monoisotopic (exact) mass is 496 g/mol. The van der Waals surface area contributed by atoms with Crippen LogP contribution >= 0.6 is 0 Å². The van der Waals surface area contributed by atoms with Crippen LogP contribution in [0.15, 0.2) is 30.3 Å². The average molecular weight is 496 g/mol. The van der Waals surface area contributed by atoms with Gasteiger partial charge in [0.25, 0.3) is 0 Å². The predicted molar refractivity (Wildman–Crippen MR) is 118 cm³/mol. The summed E-state index contributed by atoms with van der Waals surface area (Å²) >= 11 is 0. The Morgan fingerprint density at radius 3 is 1.83 bits per heavy atom. The zero-order valence-electron chi connectivity index (χ0n) is 18.5. The van der Waals surface area contributed by atoms with Gasteiger partial charge in [-0.2, -0.15) is 0 Å². The molecule has 1 aromatic rings. The minimum absolute atomic E-state index is 0.0990. The molecule has 0 aliphatic heterocycles. The van der Waals surface area contributed by atoms with Crippen LogP contribution in [0, 0.1) is 0 Å². The molecule has 0 fully saturated rings. The fraction of sp³-hybridized carbons (Fsp3) is 0.429. The molecule has 35 heavy (non-hydrogen) atoms. The molecule has 4 atom stereocenters. The molecule has 0 aromatic heterocycles. The van der Waals surface area contributed by atoms with Crippen molar-refractivity contribution in [1.82, 2.24) is 16.0 Å². The zero-order valence-corrected chi connectivity index (χ0v) is 18.5. The molecule has 3 amide bonds. The number of carboxylic acid groups (broad SMARTS) is 3. The highest BCUT2D eigenvalue weighted by atomic mass is 16.4. The fourth-order valence-electron chi connectivity index (χ4n) is 2.88. The van der Waals surface area contributed by atoms with Gasteiger partial charge in [-0.25, -0.2) is 4.79 Å². The number of carbonyl (C=O) groups is 6. The number of nitrogens with two attached hydrogens (primary N) is 1. The lowest BCUT2D eigenvalue weighted by Gasteiger charge is -2.24. The smallest absolute Gasteiger partial charge is 0.326 e. The van der Waals surface area contributed by atoms with Crippen molar-refractivity contribution < 1.29 is 49.2 Å². The molecule has 0 bridgehead atoms. The normalized spacial score (nSPS) is 14.0. The summed E-state index contributed by atoms with van der Waals surface area (Å²) in [5.74, 6) is -7.36. The van der Waals surface area contributed by atoms with E-state index in [0.717, 1.165) is 0 Å². The average Bonchev–Trinajstić information content (AvgIpc) is 2.80. The number of hydrogen-bond acceptors (Lipinski definition) is 8. The van der Waals surface area contributed by atoms with Crippen molar-refractivity contribution in [2.75, 3.05) is 6.61 Å². The van der Waals surface area contributed by atoms with E-state index >= 15 is 0 Å². The molecule has 4 unspecified atom stereocenters. The van der Waals surface area contributed by atoms with Crippen molar-refractivity contribution in [2.45, 2.75) is 49.9 Å². The molecular weight excluding hydrogens is 468 g/mol. The second-order valence-electron chi connectivity index (χ2n) is 7.53. The number of aliphatic hydroxyl groups excluding tert-OH is 1. The van der Waals surface area contributed by atoms with Crippen molar-refractivity contribution in [2.24, 2.45) is 5.73 Å². The van der Waals surface area contributed by atoms with Crippen molar-refractivity contribution in [1.29, 1.82) is 0 Å². The Labute approximate surface area is 199 Å². The summed E-state index contributed by atoms with van der Waals surface area (Å²) in [7, 11) is 0. The first kappa shape index (κ1) is 29.0. The van der Waals surface area contributed by atoms with E-state index in [4.69, 9.17) is 21.1 Å². The van der Waals surface area contributed by atoms with Crippen LogP contribution in [-0.4, -0.2) is 86.8 Å². The van der Waals surface area contributed by atoms with Crippen LogP contribution in [0.25, 0.3) is 0 Å². The van der Waals surface area contributed by atoms with Gasteiger partial charge in [0.1, 0.15) is 24.2 Å². The molecule has 192 valence electrons. The quantitative estimate of drug-likeness (QED) is 0.125. The molecule has 0 radical (unpaired) electrons. The topological polar surface area (TPSA) is 245 Å². The number of carbonyl (C=O) groups excluding carboxylic acids is 3. The predicted octanol–water partition coefficient (Wildman–Crippen LogP) is -2.57. The van der Waals surface area contributed by atoms with Gasteiger partial charge in [-0.1, -0.05) is 30.3 Å². The van der Waals surface area contributed by atoms with Gasteiger partial charge in [-0.05, 0) is 12.0 Å². The second-order valence-corrected chi connectivity index (χ2v) is 7.53. The lowest BCUT2D eigenvalue weighted by atomic mass is 10.0. The third-order valence-electron chi connectivity index (χ3n) is 4.72. The first-order chi connectivity index (χ1) is 16.4. The van der Waals surface area contributed by atoms with Gasteiger partial charge in [0, 0.05) is 12.8 Å². The Hall–Kier alpha value is -4.04. The van der Waals surface area contributed by atoms with Crippen LogP contribution in [0.1, 0.15) is 24.8 Å². The highest BCUT2D eigenvalue weighted by Gasteiger charge is 2.31. The van der Waals surface area contributed by atoms with E-state index in [9.17, 15) is 33.9 Å². The van der Waals surface area contributed by atoms with Crippen LogP contribution in [-0.2, 0) is 35.2 Å². The maximum atomic E-state index is 12.8. The molecule has 0 aliphatic carbocycles. The highest BCUT2D eigenvalue weighted by molar-refractivity contribution is 5.95. The fourth-order valence-corrected chi connectivity index (χ4v) is 2.88. The summed E-state index contributed by atoms with van der Waals surface area (Å²) in [5.41, 5.74) is 5.94. The van der Waals surface area contributed by atoms with Crippen LogP contribution < -0.4 is 21.7 Å². The summed E-state index contributed by atoms with van der Waals surface area (Å²) < 4.78 is 0. The Kier molecular flexibility index (Phi) is 11.8. The van der Waals surface area contributed by atoms with Gasteiger partial charge < -0.3 is 42.1 Å². The summed E-state index contributed by atoms with van der Waals surface area (Å²) in [6.45, 7) is -0.783. The van der Waals surface area contributed by atoms with Crippen LogP contribution in [0.2, 0.25) is 0 Å². The van der Waals surface area contributed by atoms with Gasteiger partial charge >= 0.3 is 17.9 Å². The SMILES string of the molecule is NC(CO)C(=O)NC(CC(=O)O)C(=O)NC(CCC(=O)O)C(=O)NC(Cc1ccccc1)C(=O)O. The highest BCUT2D eigenvalue weighted by Crippen LogP contribution is 2.06. The number of amides is 3. The van der Waals surface area contributed by atoms with E-state index in [0.29, 0.717) is 5.56 Å². The molecule has 9 N–H and O–H groups in total. The minimum atomic E-state index is -1.71. The van der Waals surface area contributed by atoms with E-state index in [2.05, 4.69) is 10.6 Å². The number of rotatable bonds is 15. The summed E-state index contributed by atoms with van der Waals surface area (Å²) in [5, 5.41) is 42.9. The van der Waals surface area contributed by atoms with Gasteiger partial charge in [0.05, 0.1) is 13.0 Å². The number of hydrogen-bond donors (Lipinski definition) is 8. The van der Waals surface area contributed by atoms with E-state index in [1.165, 1.54) is 0 Å². The van der Waals surface area contributed by atoms with Gasteiger partial charge in [0.15, 0.2) is 0 Å². The van der Waals surface area contributed by atoms with E-state index in [1.807, 2.05) is 5.32 Å². The molecule has 0 heterocycles. The van der Waals surface area contributed by atoms with Crippen LogP contribution in [0.4, 0.5) is 0 Å². The molecule has 1 aromatic carbocycles. The molecule has 0 saturated carbocycles. The Bertz CT molecular complexity index is 924. The lowest BCUT2D eigenvalue weighted by Crippen LogP contribution is -2.58. The second kappa shape index (κ2) is 14.3. The van der Waals surface area contributed by atoms with Crippen LogP contribution in [0.3, 0.4) is 0 Å². The van der Waals surface area contributed by atoms with E-state index < -0.39 is 85.7 Å². The van der Waals surface area contributed by atoms with E-state index in [1.54, 1.807) is 30.3 Å². The Morgan fingerprint density at radius 2 is 1.31 bits per heavy atom. The largest absolute Gasteiger partial charge is 0.481 e. The molecule has 1 rings (SSSR count). The summed E-state index contributed by atoms with van der Waals surface area (Å²) in [6, 6.07) is 2.22. The van der Waals surface area contributed by atoms with Crippen molar-refractivity contribution in [3.63, 3.8) is 0 Å². The van der Waals surface area contributed by atoms with Crippen molar-refractivity contribution in [3.8, 4) is 0 Å². The molecule has 14 heteroatoms. The van der Waals surface area contributed by atoms with Gasteiger partial charge in [-0.3, -0.25) is 24.0 Å². The summed E-state index contributed by atoms with van der Waals surface area (Å²) in [6.07, 6.45) is -2.04. The number of benzene rings is 1. The van der Waals surface area contributed by atoms with Gasteiger partial charge in [-0.15, -0.1) is 0 Å². The molecule has 14 nitrogen and oxygen atoms in total. The summed E-state index contributed by atoms with van der Waals surface area (Å²) in [4.78, 5) is 71.1. The lowest BCUT2D eigenvalue weighted by molar-refractivity contribution is -0.143. The number of carboxylic acids is 3. The Balaban J connectivity index is 3.04. The maximum absolute atomic E-state index is 12.8. The molecular formula is C21H28N4O10.